The Morgan fingerprint density at radius 1 is 1.32 bits per heavy atom. The summed E-state index contributed by atoms with van der Waals surface area (Å²) in [6.07, 6.45) is 3.28. The van der Waals surface area contributed by atoms with Crippen molar-refractivity contribution in [1.29, 1.82) is 5.26 Å². The molecule has 0 radical (unpaired) electrons. The second-order valence-electron chi connectivity index (χ2n) is 4.87. The summed E-state index contributed by atoms with van der Waals surface area (Å²) in [6.45, 7) is 0.462. The molecule has 0 saturated carbocycles. The first-order valence-corrected chi connectivity index (χ1v) is 7.09. The monoisotopic (exact) mass is 313 g/mol. The van der Waals surface area contributed by atoms with Gasteiger partial charge in [0, 0.05) is 25.4 Å². The van der Waals surface area contributed by atoms with E-state index in [4.69, 9.17) is 16.9 Å². The van der Waals surface area contributed by atoms with Crippen molar-refractivity contribution >= 4 is 29.0 Å². The lowest BCUT2D eigenvalue weighted by Crippen LogP contribution is -2.28. The van der Waals surface area contributed by atoms with E-state index in [0.717, 1.165) is 0 Å². The fourth-order valence-corrected chi connectivity index (χ4v) is 2.66. The quantitative estimate of drug-likeness (QED) is 0.939. The maximum Gasteiger partial charge on any atom is 0.229 e. The second kappa shape index (κ2) is 6.00. The highest BCUT2D eigenvalue weighted by Gasteiger charge is 2.32. The van der Waals surface area contributed by atoms with E-state index in [0.29, 0.717) is 29.5 Å². The van der Waals surface area contributed by atoms with Crippen LogP contribution in [0.15, 0.2) is 36.7 Å². The summed E-state index contributed by atoms with van der Waals surface area (Å²) in [5.41, 5.74) is 0.907. The third-order valence-electron chi connectivity index (χ3n) is 3.41. The van der Waals surface area contributed by atoms with Crippen molar-refractivity contribution in [1.82, 2.24) is 9.97 Å². The fraction of sp³-hybridized carbons (Fsp3) is 0.200. The lowest BCUT2D eigenvalue weighted by molar-refractivity contribution is -0.117. The average Bonchev–Trinajstić information content (AvgIpc) is 2.89. The van der Waals surface area contributed by atoms with E-state index in [1.807, 2.05) is 24.3 Å². The minimum Gasteiger partial charge on any atom is -0.363 e. The number of aromatic nitrogens is 2. The summed E-state index contributed by atoms with van der Waals surface area (Å²) in [4.78, 5) is 21.9. The van der Waals surface area contributed by atoms with Crippen LogP contribution in [0.1, 0.15) is 12.1 Å². The molecule has 0 bridgehead atoms. The number of rotatable bonds is 3. The summed E-state index contributed by atoms with van der Waals surface area (Å²) >= 11 is 6.15. The van der Waals surface area contributed by atoms with E-state index in [1.54, 1.807) is 11.0 Å². The van der Waals surface area contributed by atoms with Gasteiger partial charge in [0.1, 0.15) is 6.07 Å². The van der Waals surface area contributed by atoms with Crippen LogP contribution in [-0.4, -0.2) is 28.5 Å². The summed E-state index contributed by atoms with van der Waals surface area (Å²) in [7, 11) is 0. The maximum absolute atomic E-state index is 12.2. The molecule has 1 aromatic carbocycles. The number of nitrogens with one attached hydrogen (secondary N) is 1. The molecule has 2 aromatic rings. The molecule has 1 amide bonds. The van der Waals surface area contributed by atoms with Gasteiger partial charge in [-0.05, 0) is 12.1 Å². The zero-order valence-electron chi connectivity index (χ0n) is 11.5. The fourth-order valence-electron chi connectivity index (χ4n) is 2.43. The van der Waals surface area contributed by atoms with Gasteiger partial charge in [0.2, 0.25) is 5.91 Å². The highest BCUT2D eigenvalue weighted by molar-refractivity contribution is 6.33. The van der Waals surface area contributed by atoms with Gasteiger partial charge in [-0.15, -0.1) is 0 Å². The minimum absolute atomic E-state index is 0.0204. The third-order valence-corrected chi connectivity index (χ3v) is 3.73. The van der Waals surface area contributed by atoms with Crippen molar-refractivity contribution in [3.63, 3.8) is 0 Å². The molecule has 0 unspecified atom stereocenters. The standard InChI is InChI=1S/C15H12ClN5O/c16-11-3-1-2-4-13(11)21-9-10(7-14(21)22)20-15-12(8-17)18-5-6-19-15/h1-6,10H,7,9H2,(H,19,20)/t10-/m0/s1. The van der Waals surface area contributed by atoms with Crippen molar-refractivity contribution in [3.05, 3.63) is 47.4 Å². The van der Waals surface area contributed by atoms with E-state index < -0.39 is 0 Å². The maximum atomic E-state index is 12.2. The van der Waals surface area contributed by atoms with Crippen molar-refractivity contribution < 1.29 is 4.79 Å². The number of nitrogens with zero attached hydrogens (tertiary/aromatic N) is 4. The number of para-hydroxylation sites is 1. The zero-order chi connectivity index (χ0) is 15.5. The van der Waals surface area contributed by atoms with Gasteiger partial charge in [-0.1, -0.05) is 23.7 Å². The van der Waals surface area contributed by atoms with Crippen LogP contribution >= 0.6 is 11.6 Å². The number of benzene rings is 1. The first kappa shape index (κ1) is 14.3. The molecule has 7 heteroatoms. The zero-order valence-corrected chi connectivity index (χ0v) is 12.3. The molecule has 2 heterocycles. The number of hydrogen-bond acceptors (Lipinski definition) is 5. The van der Waals surface area contributed by atoms with E-state index >= 15 is 0 Å². The molecule has 1 atom stereocenters. The predicted octanol–water partition coefficient (Wildman–Crippen LogP) is 2.22. The normalized spacial score (nSPS) is 17.4. The average molecular weight is 314 g/mol. The molecular weight excluding hydrogens is 302 g/mol. The van der Waals surface area contributed by atoms with Crippen molar-refractivity contribution in [2.24, 2.45) is 0 Å². The van der Waals surface area contributed by atoms with Crippen LogP contribution < -0.4 is 10.2 Å². The molecular formula is C15H12ClN5O. The van der Waals surface area contributed by atoms with Gasteiger partial charge in [-0.25, -0.2) is 9.97 Å². The first-order valence-electron chi connectivity index (χ1n) is 6.71. The Labute approximate surface area is 132 Å². The Bertz CT molecular complexity index is 758. The van der Waals surface area contributed by atoms with Crippen LogP contribution in [-0.2, 0) is 4.79 Å². The van der Waals surface area contributed by atoms with E-state index in [9.17, 15) is 4.79 Å². The Hall–Kier alpha value is -2.65. The summed E-state index contributed by atoms with van der Waals surface area (Å²) in [5, 5.41) is 12.7. The Morgan fingerprint density at radius 2 is 2.09 bits per heavy atom. The number of anilines is 2. The van der Waals surface area contributed by atoms with Gasteiger partial charge in [0.05, 0.1) is 16.8 Å². The van der Waals surface area contributed by atoms with E-state index in [2.05, 4.69) is 15.3 Å². The molecule has 0 aliphatic carbocycles. The number of nitriles is 1. The van der Waals surface area contributed by atoms with Crippen LogP contribution in [0.4, 0.5) is 11.5 Å². The lowest BCUT2D eigenvalue weighted by atomic mass is 10.2. The largest absolute Gasteiger partial charge is 0.363 e. The van der Waals surface area contributed by atoms with Gasteiger partial charge >= 0.3 is 0 Å². The van der Waals surface area contributed by atoms with Crippen LogP contribution in [0, 0.1) is 11.3 Å². The summed E-state index contributed by atoms with van der Waals surface area (Å²) < 4.78 is 0. The number of hydrogen-bond donors (Lipinski definition) is 1. The predicted molar refractivity (Wildman–Crippen MR) is 82.6 cm³/mol. The highest BCUT2D eigenvalue weighted by Crippen LogP contribution is 2.29. The second-order valence-corrected chi connectivity index (χ2v) is 5.27. The summed E-state index contributed by atoms with van der Waals surface area (Å²) in [5.74, 6) is 0.372. The highest BCUT2D eigenvalue weighted by atomic mass is 35.5. The Kier molecular flexibility index (Phi) is 3.90. The van der Waals surface area contributed by atoms with Gasteiger partial charge in [-0.2, -0.15) is 5.26 Å². The van der Waals surface area contributed by atoms with Crippen molar-refractivity contribution in [2.75, 3.05) is 16.8 Å². The number of amides is 1. The molecule has 0 spiro atoms. The molecule has 3 rings (SSSR count). The van der Waals surface area contributed by atoms with Gasteiger partial charge < -0.3 is 10.2 Å². The third kappa shape index (κ3) is 2.71. The number of carbonyl (C=O) groups is 1. The van der Waals surface area contributed by atoms with E-state index in [1.165, 1.54) is 12.4 Å². The number of halogens is 1. The topological polar surface area (TPSA) is 81.9 Å². The minimum atomic E-state index is -0.146. The molecule has 1 saturated heterocycles. The van der Waals surface area contributed by atoms with Crippen LogP contribution in [0.25, 0.3) is 0 Å². The van der Waals surface area contributed by atoms with Gasteiger partial charge in [0.25, 0.3) is 0 Å². The molecule has 1 aromatic heterocycles. The Morgan fingerprint density at radius 3 is 2.86 bits per heavy atom. The molecule has 1 aliphatic rings. The van der Waals surface area contributed by atoms with Gasteiger partial charge in [-0.3, -0.25) is 4.79 Å². The van der Waals surface area contributed by atoms with Crippen LogP contribution in [0.3, 0.4) is 0 Å². The molecule has 6 nitrogen and oxygen atoms in total. The molecule has 110 valence electrons. The number of carbonyl (C=O) groups excluding carboxylic acids is 1. The SMILES string of the molecule is N#Cc1nccnc1N[C@H]1CC(=O)N(c2ccccc2Cl)C1. The molecule has 22 heavy (non-hydrogen) atoms. The lowest BCUT2D eigenvalue weighted by Gasteiger charge is -2.18. The molecule has 1 aliphatic heterocycles. The summed E-state index contributed by atoms with van der Waals surface area (Å²) in [6, 6.07) is 9.05. The van der Waals surface area contributed by atoms with Crippen molar-refractivity contribution in [2.45, 2.75) is 12.5 Å². The van der Waals surface area contributed by atoms with Crippen LogP contribution in [0.5, 0.6) is 0 Å². The van der Waals surface area contributed by atoms with E-state index in [-0.39, 0.29) is 17.6 Å². The van der Waals surface area contributed by atoms with Gasteiger partial charge in [0.15, 0.2) is 11.5 Å². The smallest absolute Gasteiger partial charge is 0.229 e. The first-order chi connectivity index (χ1) is 10.7. The van der Waals surface area contributed by atoms with Crippen molar-refractivity contribution in [3.8, 4) is 6.07 Å². The molecule has 1 N–H and O–H groups in total. The molecule has 1 fully saturated rings. The Balaban J connectivity index is 1.78. The van der Waals surface area contributed by atoms with Crippen LogP contribution in [0.2, 0.25) is 5.02 Å².